The molecule has 2 aromatic rings. The number of halogens is 1. The van der Waals surface area contributed by atoms with Gasteiger partial charge < -0.3 is 24.0 Å². The van der Waals surface area contributed by atoms with E-state index in [0.717, 1.165) is 5.69 Å². The molecule has 144 valence electrons. The highest BCUT2D eigenvalue weighted by atomic mass is 35.5. The first-order chi connectivity index (χ1) is 13.1. The molecule has 0 radical (unpaired) electrons. The Bertz CT molecular complexity index is 794. The van der Waals surface area contributed by atoms with Gasteiger partial charge in [-0.2, -0.15) is 0 Å². The number of piperazine rings is 1. The maximum atomic E-state index is 12.7. The van der Waals surface area contributed by atoms with E-state index in [1.165, 1.54) is 0 Å². The van der Waals surface area contributed by atoms with Gasteiger partial charge in [-0.05, 0) is 18.2 Å². The molecule has 0 atom stereocenters. The van der Waals surface area contributed by atoms with Gasteiger partial charge in [0.05, 0.1) is 21.3 Å². The average molecular weight is 391 g/mol. The Hall–Kier alpha value is -2.60. The Labute approximate surface area is 164 Å². The van der Waals surface area contributed by atoms with Crippen molar-refractivity contribution in [2.45, 2.75) is 0 Å². The van der Waals surface area contributed by atoms with Crippen molar-refractivity contribution in [3.8, 4) is 17.2 Å². The van der Waals surface area contributed by atoms with Crippen LogP contribution in [0.1, 0.15) is 10.4 Å². The van der Waals surface area contributed by atoms with E-state index in [0.29, 0.717) is 54.0 Å². The highest BCUT2D eigenvalue weighted by molar-refractivity contribution is 6.30. The van der Waals surface area contributed by atoms with Gasteiger partial charge in [-0.1, -0.05) is 17.7 Å². The van der Waals surface area contributed by atoms with Crippen LogP contribution in [0, 0.1) is 0 Å². The van der Waals surface area contributed by atoms with Crippen LogP contribution in [0.15, 0.2) is 36.4 Å². The summed E-state index contributed by atoms with van der Waals surface area (Å²) in [4.78, 5) is 16.7. The number of carbonyl (C=O) groups is 1. The van der Waals surface area contributed by atoms with Crippen LogP contribution in [-0.2, 0) is 0 Å². The van der Waals surface area contributed by atoms with Crippen LogP contribution < -0.4 is 19.1 Å². The first-order valence-corrected chi connectivity index (χ1v) is 9.05. The first-order valence-electron chi connectivity index (χ1n) is 8.67. The lowest BCUT2D eigenvalue weighted by atomic mass is 10.1. The fourth-order valence-electron chi connectivity index (χ4n) is 3.22. The molecule has 0 spiro atoms. The highest BCUT2D eigenvalue weighted by Gasteiger charge is 2.24. The fourth-order valence-corrected chi connectivity index (χ4v) is 3.41. The third-order valence-corrected chi connectivity index (χ3v) is 4.89. The molecule has 7 heteroatoms. The van der Waals surface area contributed by atoms with E-state index < -0.39 is 0 Å². The molecule has 0 saturated carbocycles. The second kappa shape index (κ2) is 8.39. The van der Waals surface area contributed by atoms with Gasteiger partial charge in [-0.3, -0.25) is 4.79 Å². The van der Waals surface area contributed by atoms with E-state index in [1.807, 2.05) is 17.0 Å². The quantitative estimate of drug-likeness (QED) is 0.783. The number of amides is 1. The van der Waals surface area contributed by atoms with Crippen molar-refractivity contribution >= 4 is 23.2 Å². The van der Waals surface area contributed by atoms with Crippen LogP contribution in [0.4, 0.5) is 5.69 Å². The summed E-state index contributed by atoms with van der Waals surface area (Å²) in [5.74, 6) is 1.80. The smallest absolute Gasteiger partial charge is 0.254 e. The lowest BCUT2D eigenvalue weighted by molar-refractivity contribution is 0.0746. The molecule has 1 amide bonds. The standard InChI is InChI=1S/C20H23ClN2O4/c1-25-17-12-16(13-18(26-2)19(17)27-3)22-7-9-23(10-8-22)20(24)14-5-4-6-15(21)11-14/h4-6,11-13H,7-10H2,1-3H3. The van der Waals surface area contributed by atoms with Gasteiger partial charge in [-0.25, -0.2) is 0 Å². The van der Waals surface area contributed by atoms with Crippen molar-refractivity contribution in [3.05, 3.63) is 47.0 Å². The fraction of sp³-hybridized carbons (Fsp3) is 0.350. The van der Waals surface area contributed by atoms with Gasteiger partial charge in [0.1, 0.15) is 0 Å². The van der Waals surface area contributed by atoms with Crippen LogP contribution in [0.25, 0.3) is 0 Å². The van der Waals surface area contributed by atoms with Crippen LogP contribution in [0.2, 0.25) is 5.02 Å². The summed E-state index contributed by atoms with van der Waals surface area (Å²) in [5, 5.41) is 0.567. The molecule has 6 nitrogen and oxygen atoms in total. The SMILES string of the molecule is COc1cc(N2CCN(C(=O)c3cccc(Cl)c3)CC2)cc(OC)c1OC. The summed E-state index contributed by atoms with van der Waals surface area (Å²) in [6.07, 6.45) is 0. The predicted molar refractivity (Wildman–Crippen MR) is 106 cm³/mol. The van der Waals surface area contributed by atoms with Crippen LogP contribution in [0.5, 0.6) is 17.2 Å². The van der Waals surface area contributed by atoms with Crippen molar-refractivity contribution in [1.82, 2.24) is 4.90 Å². The van der Waals surface area contributed by atoms with Crippen LogP contribution in [-0.4, -0.2) is 58.3 Å². The Morgan fingerprint density at radius 3 is 2.07 bits per heavy atom. The van der Waals surface area contributed by atoms with Gasteiger partial charge in [0.25, 0.3) is 5.91 Å². The minimum absolute atomic E-state index is 0.00189. The minimum atomic E-state index is 0.00189. The lowest BCUT2D eigenvalue weighted by Gasteiger charge is -2.36. The molecule has 3 rings (SSSR count). The molecular formula is C20H23ClN2O4. The number of hydrogen-bond donors (Lipinski definition) is 0. The van der Waals surface area contributed by atoms with Crippen molar-refractivity contribution in [2.24, 2.45) is 0 Å². The zero-order valence-corrected chi connectivity index (χ0v) is 16.5. The number of anilines is 1. The maximum Gasteiger partial charge on any atom is 0.254 e. The number of benzene rings is 2. The van der Waals surface area contributed by atoms with Gasteiger partial charge in [0, 0.05) is 54.6 Å². The zero-order valence-electron chi connectivity index (χ0n) is 15.7. The third-order valence-electron chi connectivity index (χ3n) is 4.65. The van der Waals surface area contributed by atoms with Crippen molar-refractivity contribution in [2.75, 3.05) is 52.4 Å². The highest BCUT2D eigenvalue weighted by Crippen LogP contribution is 2.41. The monoisotopic (exact) mass is 390 g/mol. The summed E-state index contributed by atoms with van der Waals surface area (Å²) in [6, 6.07) is 10.9. The van der Waals surface area contributed by atoms with E-state index >= 15 is 0 Å². The number of carbonyl (C=O) groups excluding carboxylic acids is 1. The summed E-state index contributed by atoms with van der Waals surface area (Å²) in [7, 11) is 4.78. The molecule has 27 heavy (non-hydrogen) atoms. The van der Waals surface area contributed by atoms with Crippen molar-refractivity contribution in [3.63, 3.8) is 0 Å². The van der Waals surface area contributed by atoms with E-state index in [4.69, 9.17) is 25.8 Å². The lowest BCUT2D eigenvalue weighted by Crippen LogP contribution is -2.48. The second-order valence-corrected chi connectivity index (χ2v) is 6.61. The van der Waals surface area contributed by atoms with E-state index in [2.05, 4.69) is 4.90 Å². The number of hydrogen-bond acceptors (Lipinski definition) is 5. The Morgan fingerprint density at radius 1 is 0.926 bits per heavy atom. The van der Waals surface area contributed by atoms with Crippen molar-refractivity contribution < 1.29 is 19.0 Å². The predicted octanol–water partition coefficient (Wildman–Crippen LogP) is 3.33. The van der Waals surface area contributed by atoms with Gasteiger partial charge >= 0.3 is 0 Å². The molecule has 0 N–H and O–H groups in total. The number of rotatable bonds is 5. The van der Waals surface area contributed by atoms with Crippen LogP contribution >= 0.6 is 11.6 Å². The summed E-state index contributed by atoms with van der Waals surface area (Å²) < 4.78 is 16.2. The molecule has 0 aliphatic carbocycles. The molecule has 1 aliphatic heterocycles. The largest absolute Gasteiger partial charge is 0.493 e. The summed E-state index contributed by atoms with van der Waals surface area (Å²) >= 11 is 6.00. The molecule has 1 heterocycles. The molecular weight excluding hydrogens is 368 g/mol. The zero-order chi connectivity index (χ0) is 19.4. The second-order valence-electron chi connectivity index (χ2n) is 6.17. The molecule has 0 bridgehead atoms. The normalized spacial score (nSPS) is 14.1. The van der Waals surface area contributed by atoms with Gasteiger partial charge in [-0.15, -0.1) is 0 Å². The summed E-state index contributed by atoms with van der Waals surface area (Å²) in [5.41, 5.74) is 1.59. The van der Waals surface area contributed by atoms with E-state index in [1.54, 1.807) is 45.6 Å². The number of methoxy groups -OCH3 is 3. The third kappa shape index (κ3) is 4.06. The molecule has 1 fully saturated rings. The number of nitrogens with zero attached hydrogens (tertiary/aromatic N) is 2. The average Bonchev–Trinajstić information content (AvgIpc) is 2.72. The van der Waals surface area contributed by atoms with Crippen LogP contribution in [0.3, 0.4) is 0 Å². The van der Waals surface area contributed by atoms with Crippen molar-refractivity contribution in [1.29, 1.82) is 0 Å². The minimum Gasteiger partial charge on any atom is -0.493 e. The van der Waals surface area contributed by atoms with Gasteiger partial charge in [0.15, 0.2) is 11.5 Å². The van der Waals surface area contributed by atoms with Gasteiger partial charge in [0.2, 0.25) is 5.75 Å². The number of ether oxygens (including phenoxy) is 3. The Morgan fingerprint density at radius 2 is 1.56 bits per heavy atom. The molecule has 1 saturated heterocycles. The van der Waals surface area contributed by atoms with E-state index in [9.17, 15) is 4.79 Å². The maximum absolute atomic E-state index is 12.7. The molecule has 0 unspecified atom stereocenters. The molecule has 0 aromatic heterocycles. The Balaban J connectivity index is 1.73. The molecule has 1 aliphatic rings. The summed E-state index contributed by atoms with van der Waals surface area (Å²) in [6.45, 7) is 2.68. The molecule has 2 aromatic carbocycles. The van der Waals surface area contributed by atoms with E-state index in [-0.39, 0.29) is 5.91 Å². The topological polar surface area (TPSA) is 51.2 Å². The Kier molecular flexibility index (Phi) is 5.96. The first kappa shape index (κ1) is 19.2.